The highest BCUT2D eigenvalue weighted by molar-refractivity contribution is 5.92. The minimum atomic E-state index is -0.272. The van der Waals surface area contributed by atoms with Gasteiger partial charge in [0, 0.05) is 6.04 Å². The molecule has 0 bridgehead atoms. The summed E-state index contributed by atoms with van der Waals surface area (Å²) in [6, 6.07) is 6.36. The fourth-order valence-electron chi connectivity index (χ4n) is 3.24. The Labute approximate surface area is 141 Å². The molecular weight excluding hydrogens is 307 g/mol. The van der Waals surface area contributed by atoms with Gasteiger partial charge in [-0.25, -0.2) is 9.07 Å². The molecule has 5 nitrogen and oxygen atoms in total. The lowest BCUT2D eigenvalue weighted by Gasteiger charge is -2.29. The average Bonchev–Trinajstić information content (AvgIpc) is 3.07. The van der Waals surface area contributed by atoms with E-state index in [1.807, 2.05) is 6.92 Å². The molecular formula is C18H23FN4O. The van der Waals surface area contributed by atoms with Crippen LogP contribution < -0.4 is 5.32 Å². The van der Waals surface area contributed by atoms with Crippen LogP contribution in [0.15, 0.2) is 30.5 Å². The number of nitrogens with zero attached hydrogens (tertiary/aromatic N) is 3. The molecule has 0 spiro atoms. The molecule has 6 heteroatoms. The van der Waals surface area contributed by atoms with E-state index in [1.54, 1.807) is 23.0 Å². The molecule has 1 aromatic heterocycles. The summed E-state index contributed by atoms with van der Waals surface area (Å²) in [6.45, 7) is 4.12. The lowest BCUT2D eigenvalue weighted by atomic mass is 9.86. The van der Waals surface area contributed by atoms with Crippen molar-refractivity contribution in [3.05, 3.63) is 47.5 Å². The number of carbonyl (C=O) groups is 1. The molecule has 1 fully saturated rings. The van der Waals surface area contributed by atoms with Gasteiger partial charge in [-0.2, -0.15) is 0 Å². The Kier molecular flexibility index (Phi) is 4.92. The zero-order chi connectivity index (χ0) is 17.1. The summed E-state index contributed by atoms with van der Waals surface area (Å²) in [4.78, 5) is 12.4. The lowest BCUT2D eigenvalue weighted by Crippen LogP contribution is -2.41. The smallest absolute Gasteiger partial charge is 0.273 e. The Balaban J connectivity index is 1.68. The number of hydrogen-bond donors (Lipinski definition) is 1. The van der Waals surface area contributed by atoms with Crippen LogP contribution in [-0.4, -0.2) is 26.9 Å². The largest absolute Gasteiger partial charge is 0.348 e. The number of aromatic nitrogens is 3. The van der Waals surface area contributed by atoms with Gasteiger partial charge in [-0.05, 0) is 43.4 Å². The fourth-order valence-corrected chi connectivity index (χ4v) is 3.24. The molecule has 1 aliphatic carbocycles. The van der Waals surface area contributed by atoms with E-state index < -0.39 is 0 Å². The van der Waals surface area contributed by atoms with E-state index in [9.17, 15) is 9.18 Å². The molecule has 1 saturated carbocycles. The van der Waals surface area contributed by atoms with Crippen LogP contribution in [0.1, 0.15) is 61.6 Å². The van der Waals surface area contributed by atoms with Crippen molar-refractivity contribution < 1.29 is 9.18 Å². The summed E-state index contributed by atoms with van der Waals surface area (Å²) in [5, 5.41) is 11.1. The highest BCUT2D eigenvalue weighted by Crippen LogP contribution is 2.24. The molecule has 1 amide bonds. The fraction of sp³-hybridized carbons (Fsp3) is 0.500. The Morgan fingerprint density at radius 1 is 1.29 bits per heavy atom. The average molecular weight is 330 g/mol. The first kappa shape index (κ1) is 16.6. The molecule has 128 valence electrons. The van der Waals surface area contributed by atoms with Gasteiger partial charge in [0.25, 0.3) is 5.91 Å². The Morgan fingerprint density at radius 2 is 2.00 bits per heavy atom. The van der Waals surface area contributed by atoms with Gasteiger partial charge >= 0.3 is 0 Å². The second-order valence-corrected chi connectivity index (χ2v) is 6.65. The van der Waals surface area contributed by atoms with Crippen LogP contribution in [0.25, 0.3) is 0 Å². The van der Waals surface area contributed by atoms with Gasteiger partial charge in [-0.1, -0.05) is 37.1 Å². The molecule has 24 heavy (non-hydrogen) atoms. The molecule has 1 aromatic carbocycles. The van der Waals surface area contributed by atoms with Crippen molar-refractivity contribution in [3.8, 4) is 0 Å². The van der Waals surface area contributed by atoms with Crippen molar-refractivity contribution in [2.45, 2.75) is 51.6 Å². The van der Waals surface area contributed by atoms with Crippen molar-refractivity contribution >= 4 is 5.91 Å². The van der Waals surface area contributed by atoms with E-state index in [2.05, 4.69) is 22.6 Å². The first-order valence-electron chi connectivity index (χ1n) is 8.53. The third-order valence-electron chi connectivity index (χ3n) is 4.92. The summed E-state index contributed by atoms with van der Waals surface area (Å²) in [5.41, 5.74) is 1.23. The van der Waals surface area contributed by atoms with E-state index in [0.717, 1.165) is 24.8 Å². The number of amides is 1. The van der Waals surface area contributed by atoms with E-state index in [0.29, 0.717) is 11.6 Å². The van der Waals surface area contributed by atoms with Gasteiger partial charge in [0.2, 0.25) is 0 Å². The first-order chi connectivity index (χ1) is 11.5. The van der Waals surface area contributed by atoms with E-state index in [1.165, 1.54) is 18.6 Å². The quantitative estimate of drug-likeness (QED) is 0.935. The number of halogens is 1. The summed E-state index contributed by atoms with van der Waals surface area (Å²) in [7, 11) is 0. The molecule has 3 rings (SSSR count). The Bertz CT molecular complexity index is 697. The van der Waals surface area contributed by atoms with Crippen LogP contribution in [0.3, 0.4) is 0 Å². The summed E-state index contributed by atoms with van der Waals surface area (Å²) in [6.07, 6.45) is 6.21. The highest BCUT2D eigenvalue weighted by atomic mass is 19.1. The van der Waals surface area contributed by atoms with Crippen LogP contribution in [0.5, 0.6) is 0 Å². The molecule has 1 aliphatic rings. The number of rotatable bonds is 4. The van der Waals surface area contributed by atoms with Crippen LogP contribution >= 0.6 is 0 Å². The number of benzene rings is 1. The van der Waals surface area contributed by atoms with Gasteiger partial charge in [0.05, 0.1) is 12.2 Å². The third-order valence-corrected chi connectivity index (χ3v) is 4.92. The third kappa shape index (κ3) is 3.63. The Morgan fingerprint density at radius 3 is 2.71 bits per heavy atom. The Hall–Kier alpha value is -2.24. The van der Waals surface area contributed by atoms with Gasteiger partial charge in [-0.15, -0.1) is 5.10 Å². The molecule has 0 unspecified atom stereocenters. The monoisotopic (exact) mass is 330 g/mol. The normalized spacial score (nSPS) is 22.1. The first-order valence-corrected chi connectivity index (χ1v) is 8.53. The van der Waals surface area contributed by atoms with Gasteiger partial charge in [0.1, 0.15) is 5.82 Å². The molecule has 0 aliphatic heterocycles. The van der Waals surface area contributed by atoms with Crippen LogP contribution in [0.2, 0.25) is 0 Å². The van der Waals surface area contributed by atoms with E-state index in [-0.39, 0.29) is 23.8 Å². The maximum atomic E-state index is 13.0. The lowest BCUT2D eigenvalue weighted by molar-refractivity contribution is 0.0905. The maximum absolute atomic E-state index is 13.0. The molecule has 2 aromatic rings. The summed E-state index contributed by atoms with van der Waals surface area (Å²) >= 11 is 0. The van der Waals surface area contributed by atoms with Crippen molar-refractivity contribution in [3.63, 3.8) is 0 Å². The second kappa shape index (κ2) is 7.11. The second-order valence-electron chi connectivity index (χ2n) is 6.65. The minimum Gasteiger partial charge on any atom is -0.348 e. The number of carbonyl (C=O) groups excluding carboxylic acids is 1. The zero-order valence-corrected chi connectivity index (χ0v) is 14.1. The zero-order valence-electron chi connectivity index (χ0n) is 14.1. The van der Waals surface area contributed by atoms with Gasteiger partial charge in [0.15, 0.2) is 5.69 Å². The minimum absolute atomic E-state index is 0.117. The predicted molar refractivity (Wildman–Crippen MR) is 89.1 cm³/mol. The van der Waals surface area contributed by atoms with E-state index in [4.69, 9.17) is 0 Å². The van der Waals surface area contributed by atoms with Crippen molar-refractivity contribution in [1.29, 1.82) is 0 Å². The van der Waals surface area contributed by atoms with Gasteiger partial charge < -0.3 is 5.32 Å². The molecule has 1 N–H and O–H groups in total. The van der Waals surface area contributed by atoms with E-state index >= 15 is 0 Å². The number of nitrogens with one attached hydrogen (secondary N) is 1. The topological polar surface area (TPSA) is 59.8 Å². The molecule has 0 saturated heterocycles. The van der Waals surface area contributed by atoms with Crippen LogP contribution in [0, 0.1) is 11.7 Å². The van der Waals surface area contributed by atoms with Gasteiger partial charge in [-0.3, -0.25) is 4.79 Å². The number of hydrogen-bond acceptors (Lipinski definition) is 3. The molecule has 0 radical (unpaired) electrons. The standard InChI is InChI=1S/C18H23FN4O/c1-12-5-3-4-6-16(12)20-18(24)17-11-23(22-21-17)13(2)14-7-9-15(19)10-8-14/h7-13,16H,3-6H2,1-2H3,(H,20,24)/t12-,13-,16+/m0/s1. The van der Waals surface area contributed by atoms with Crippen molar-refractivity contribution in [2.24, 2.45) is 5.92 Å². The molecule has 1 heterocycles. The maximum Gasteiger partial charge on any atom is 0.273 e. The SMILES string of the molecule is C[C@H]1CCCC[C@H]1NC(=O)c1cn([C@@H](C)c2ccc(F)cc2)nn1. The highest BCUT2D eigenvalue weighted by Gasteiger charge is 2.24. The molecule has 3 atom stereocenters. The summed E-state index contributed by atoms with van der Waals surface area (Å²) < 4.78 is 14.7. The van der Waals surface area contributed by atoms with Crippen molar-refractivity contribution in [1.82, 2.24) is 20.3 Å². The predicted octanol–water partition coefficient (Wildman–Crippen LogP) is 3.34. The van der Waals surface area contributed by atoms with Crippen LogP contribution in [0.4, 0.5) is 4.39 Å². The van der Waals surface area contributed by atoms with Crippen LogP contribution in [-0.2, 0) is 0 Å². The summed E-state index contributed by atoms with van der Waals surface area (Å²) in [5.74, 6) is 0.0494. The van der Waals surface area contributed by atoms with Crippen molar-refractivity contribution in [2.75, 3.05) is 0 Å².